The lowest BCUT2D eigenvalue weighted by molar-refractivity contribution is -0.122. The van der Waals surface area contributed by atoms with E-state index in [0.29, 0.717) is 28.0 Å². The zero-order chi connectivity index (χ0) is 18.6. The van der Waals surface area contributed by atoms with Gasteiger partial charge < -0.3 is 19.5 Å². The van der Waals surface area contributed by atoms with Crippen LogP contribution in [0.25, 0.3) is 0 Å². The number of hydrogen-bond donors (Lipinski definition) is 1. The van der Waals surface area contributed by atoms with Gasteiger partial charge in [-0.05, 0) is 56.2 Å². The molecule has 0 radical (unpaired) electrons. The number of rotatable bonds is 6. The number of hydrogen-bond acceptors (Lipinski definition) is 4. The molecule has 6 heteroatoms. The summed E-state index contributed by atoms with van der Waals surface area (Å²) in [6.07, 6.45) is -0.688. The lowest BCUT2D eigenvalue weighted by Crippen LogP contribution is -2.30. The molecule has 0 saturated carbocycles. The SMILES string of the molecule is COc1ccc(NC(=O)[C@H](C)Oc2cc(C)c(Cl)c(C)c2)c(OC)c1. The standard InChI is InChI=1S/C19H22ClNO4/c1-11-8-15(9-12(2)18(11)20)25-13(3)19(22)21-16-7-6-14(23-4)10-17(16)24-5/h6-10,13H,1-5H3,(H,21,22)/t13-/m0/s1. The Bertz CT molecular complexity index is 753. The molecule has 134 valence electrons. The molecule has 2 aromatic rings. The number of amides is 1. The maximum atomic E-state index is 12.4. The summed E-state index contributed by atoms with van der Waals surface area (Å²) in [5, 5.41) is 3.50. The van der Waals surface area contributed by atoms with E-state index in [1.165, 1.54) is 7.11 Å². The summed E-state index contributed by atoms with van der Waals surface area (Å²) in [4.78, 5) is 12.4. The Hall–Kier alpha value is -2.40. The predicted molar refractivity (Wildman–Crippen MR) is 99.2 cm³/mol. The Kier molecular flexibility index (Phi) is 6.15. The van der Waals surface area contributed by atoms with E-state index in [2.05, 4.69) is 5.32 Å². The molecule has 0 bridgehead atoms. The minimum Gasteiger partial charge on any atom is -0.497 e. The molecule has 1 amide bonds. The van der Waals surface area contributed by atoms with Gasteiger partial charge >= 0.3 is 0 Å². The van der Waals surface area contributed by atoms with Crippen LogP contribution in [0.1, 0.15) is 18.1 Å². The van der Waals surface area contributed by atoms with Crippen molar-refractivity contribution in [2.75, 3.05) is 19.5 Å². The van der Waals surface area contributed by atoms with Gasteiger partial charge in [-0.2, -0.15) is 0 Å². The van der Waals surface area contributed by atoms with Crippen LogP contribution in [0.4, 0.5) is 5.69 Å². The van der Waals surface area contributed by atoms with E-state index < -0.39 is 6.10 Å². The first kappa shape index (κ1) is 18.9. The van der Waals surface area contributed by atoms with Crippen molar-refractivity contribution < 1.29 is 19.0 Å². The minimum atomic E-state index is -0.688. The number of carbonyl (C=O) groups excluding carboxylic acids is 1. The third-order valence-electron chi connectivity index (χ3n) is 3.76. The highest BCUT2D eigenvalue weighted by atomic mass is 35.5. The summed E-state index contributed by atoms with van der Waals surface area (Å²) in [5.41, 5.74) is 2.36. The van der Waals surface area contributed by atoms with Crippen molar-refractivity contribution in [3.05, 3.63) is 46.5 Å². The van der Waals surface area contributed by atoms with Gasteiger partial charge in [-0.25, -0.2) is 0 Å². The first-order chi connectivity index (χ1) is 11.8. The summed E-state index contributed by atoms with van der Waals surface area (Å²) in [6, 6.07) is 8.79. The van der Waals surface area contributed by atoms with Gasteiger partial charge in [-0.15, -0.1) is 0 Å². The van der Waals surface area contributed by atoms with Crippen molar-refractivity contribution in [2.24, 2.45) is 0 Å². The number of carbonyl (C=O) groups is 1. The summed E-state index contributed by atoms with van der Waals surface area (Å²) in [7, 11) is 3.10. The van der Waals surface area contributed by atoms with Crippen LogP contribution in [-0.4, -0.2) is 26.2 Å². The van der Waals surface area contributed by atoms with Gasteiger partial charge in [0.15, 0.2) is 6.10 Å². The maximum absolute atomic E-state index is 12.4. The van der Waals surface area contributed by atoms with E-state index in [-0.39, 0.29) is 5.91 Å². The summed E-state index contributed by atoms with van der Waals surface area (Å²) in [6.45, 7) is 5.48. The fourth-order valence-electron chi connectivity index (χ4n) is 2.37. The van der Waals surface area contributed by atoms with E-state index in [9.17, 15) is 4.79 Å². The Labute approximate surface area is 152 Å². The van der Waals surface area contributed by atoms with Gasteiger partial charge in [0, 0.05) is 11.1 Å². The van der Waals surface area contributed by atoms with Gasteiger partial charge in [0.1, 0.15) is 17.2 Å². The molecule has 0 fully saturated rings. The second-order valence-corrected chi connectivity index (χ2v) is 6.06. The molecule has 0 aliphatic carbocycles. The van der Waals surface area contributed by atoms with Crippen LogP contribution in [-0.2, 0) is 4.79 Å². The number of halogens is 1. The average molecular weight is 364 g/mol. The maximum Gasteiger partial charge on any atom is 0.265 e. The van der Waals surface area contributed by atoms with Gasteiger partial charge in [-0.1, -0.05) is 11.6 Å². The van der Waals surface area contributed by atoms with Gasteiger partial charge in [-0.3, -0.25) is 4.79 Å². The first-order valence-electron chi connectivity index (χ1n) is 7.82. The van der Waals surface area contributed by atoms with E-state index in [4.69, 9.17) is 25.8 Å². The monoisotopic (exact) mass is 363 g/mol. The number of benzene rings is 2. The molecule has 0 spiro atoms. The number of nitrogens with one attached hydrogen (secondary N) is 1. The van der Waals surface area contributed by atoms with Gasteiger partial charge in [0.05, 0.1) is 19.9 Å². The van der Waals surface area contributed by atoms with Crippen molar-refractivity contribution in [3.8, 4) is 17.2 Å². The molecule has 0 aromatic heterocycles. The van der Waals surface area contributed by atoms with Crippen LogP contribution in [0, 0.1) is 13.8 Å². The smallest absolute Gasteiger partial charge is 0.265 e. The number of anilines is 1. The second kappa shape index (κ2) is 8.12. The molecule has 1 N–H and O–H groups in total. The molecule has 0 aliphatic heterocycles. The fraction of sp³-hybridized carbons (Fsp3) is 0.316. The Morgan fingerprint density at radius 2 is 1.68 bits per heavy atom. The fourth-order valence-corrected chi connectivity index (χ4v) is 2.48. The van der Waals surface area contributed by atoms with Crippen molar-refractivity contribution in [2.45, 2.75) is 26.9 Å². The van der Waals surface area contributed by atoms with Gasteiger partial charge in [0.25, 0.3) is 5.91 Å². The highest BCUT2D eigenvalue weighted by Gasteiger charge is 2.18. The molecule has 0 saturated heterocycles. The second-order valence-electron chi connectivity index (χ2n) is 5.69. The zero-order valence-corrected chi connectivity index (χ0v) is 15.7. The molecule has 0 unspecified atom stereocenters. The van der Waals surface area contributed by atoms with Crippen molar-refractivity contribution in [1.29, 1.82) is 0 Å². The minimum absolute atomic E-state index is 0.284. The van der Waals surface area contributed by atoms with Crippen LogP contribution in [0.2, 0.25) is 5.02 Å². The van der Waals surface area contributed by atoms with Crippen LogP contribution >= 0.6 is 11.6 Å². The summed E-state index contributed by atoms with van der Waals surface area (Å²) >= 11 is 6.16. The molecular weight excluding hydrogens is 342 g/mol. The third-order valence-corrected chi connectivity index (χ3v) is 4.35. The van der Waals surface area contributed by atoms with E-state index in [0.717, 1.165) is 11.1 Å². The average Bonchev–Trinajstić information content (AvgIpc) is 2.59. The third kappa shape index (κ3) is 4.57. The quantitative estimate of drug-likeness (QED) is 0.827. The predicted octanol–water partition coefficient (Wildman–Crippen LogP) is 4.38. The van der Waals surface area contributed by atoms with Crippen LogP contribution in [0.5, 0.6) is 17.2 Å². The van der Waals surface area contributed by atoms with E-state index in [1.807, 2.05) is 26.0 Å². The zero-order valence-electron chi connectivity index (χ0n) is 15.0. The summed E-state index contributed by atoms with van der Waals surface area (Å²) < 4.78 is 16.2. The van der Waals surface area contributed by atoms with Crippen molar-refractivity contribution in [1.82, 2.24) is 0 Å². The Morgan fingerprint density at radius 1 is 1.04 bits per heavy atom. The molecule has 0 heterocycles. The lowest BCUT2D eigenvalue weighted by atomic mass is 10.1. The first-order valence-corrected chi connectivity index (χ1v) is 8.19. The van der Waals surface area contributed by atoms with Crippen LogP contribution in [0.15, 0.2) is 30.3 Å². The molecule has 2 aromatic carbocycles. The van der Waals surface area contributed by atoms with Crippen molar-refractivity contribution in [3.63, 3.8) is 0 Å². The molecular formula is C19H22ClNO4. The lowest BCUT2D eigenvalue weighted by Gasteiger charge is -2.17. The van der Waals surface area contributed by atoms with Crippen LogP contribution < -0.4 is 19.5 Å². The normalized spacial score (nSPS) is 11.6. The molecule has 0 aliphatic rings. The topological polar surface area (TPSA) is 56.8 Å². The highest BCUT2D eigenvalue weighted by Crippen LogP contribution is 2.30. The number of methoxy groups -OCH3 is 2. The number of aryl methyl sites for hydroxylation is 2. The molecule has 1 atom stereocenters. The Morgan fingerprint density at radius 3 is 2.24 bits per heavy atom. The van der Waals surface area contributed by atoms with Crippen LogP contribution in [0.3, 0.4) is 0 Å². The van der Waals surface area contributed by atoms with E-state index in [1.54, 1.807) is 32.2 Å². The molecule has 2 rings (SSSR count). The highest BCUT2D eigenvalue weighted by molar-refractivity contribution is 6.32. The Balaban J connectivity index is 2.10. The van der Waals surface area contributed by atoms with Crippen molar-refractivity contribution >= 4 is 23.2 Å². The molecule has 25 heavy (non-hydrogen) atoms. The molecule has 5 nitrogen and oxygen atoms in total. The largest absolute Gasteiger partial charge is 0.497 e. The van der Waals surface area contributed by atoms with E-state index >= 15 is 0 Å². The number of ether oxygens (including phenoxy) is 3. The summed E-state index contributed by atoms with van der Waals surface area (Å²) in [5.74, 6) is 1.47. The van der Waals surface area contributed by atoms with Gasteiger partial charge in [0.2, 0.25) is 0 Å².